The van der Waals surface area contributed by atoms with Crippen LogP contribution in [0.25, 0.3) is 0 Å². The summed E-state index contributed by atoms with van der Waals surface area (Å²) in [6.45, 7) is 2.77. The van der Waals surface area contributed by atoms with E-state index in [-0.39, 0.29) is 11.3 Å². The lowest BCUT2D eigenvalue weighted by atomic mass is 9.74. The van der Waals surface area contributed by atoms with Crippen LogP contribution in [0.4, 0.5) is 0 Å². The second kappa shape index (κ2) is 10.6. The van der Waals surface area contributed by atoms with Crippen molar-refractivity contribution in [3.8, 4) is 0 Å². The van der Waals surface area contributed by atoms with Crippen LogP contribution < -0.4 is 10.6 Å². The first-order valence-corrected chi connectivity index (χ1v) is 10.9. The predicted molar refractivity (Wildman–Crippen MR) is 126 cm³/mol. The first-order chi connectivity index (χ1) is 14.9. The van der Waals surface area contributed by atoms with Crippen molar-refractivity contribution in [2.45, 2.75) is 24.8 Å². The smallest absolute Gasteiger partial charge is 0.253 e. The lowest BCUT2D eigenvalue weighted by molar-refractivity contribution is 0.0514. The molecular weight excluding hydrogens is 412 g/mol. The number of carbonyl (C=O) groups is 1. The topological polar surface area (TPSA) is 66.0 Å². The first-order valence-electron chi connectivity index (χ1n) is 10.5. The molecule has 2 N–H and O–H groups in total. The van der Waals surface area contributed by atoms with Gasteiger partial charge in [0.1, 0.15) is 0 Å². The van der Waals surface area contributed by atoms with Crippen molar-refractivity contribution in [3.63, 3.8) is 0 Å². The van der Waals surface area contributed by atoms with Gasteiger partial charge in [-0.15, -0.1) is 0 Å². The summed E-state index contributed by atoms with van der Waals surface area (Å²) < 4.78 is 5.62. The van der Waals surface area contributed by atoms with Gasteiger partial charge >= 0.3 is 0 Å². The van der Waals surface area contributed by atoms with E-state index in [4.69, 9.17) is 16.3 Å². The summed E-state index contributed by atoms with van der Waals surface area (Å²) in [7, 11) is 5.27. The summed E-state index contributed by atoms with van der Waals surface area (Å²) in [6, 6.07) is 15.7. The second-order valence-electron chi connectivity index (χ2n) is 8.05. The zero-order valence-electron chi connectivity index (χ0n) is 18.5. The fourth-order valence-corrected chi connectivity index (χ4v) is 4.21. The minimum Gasteiger partial charge on any atom is -0.381 e. The molecule has 1 aliphatic heterocycles. The van der Waals surface area contributed by atoms with Crippen molar-refractivity contribution in [1.82, 2.24) is 15.5 Å². The SMILES string of the molecule is CN=C(NCc1ccc(C(=O)N(C)C)cc1)NCC1(c2ccccc2Cl)CCOCC1. The maximum absolute atomic E-state index is 12.0. The van der Waals surface area contributed by atoms with E-state index in [1.807, 2.05) is 42.5 Å². The number of benzene rings is 2. The molecule has 0 aromatic heterocycles. The molecule has 1 amide bonds. The van der Waals surface area contributed by atoms with E-state index in [1.165, 1.54) is 0 Å². The van der Waals surface area contributed by atoms with Crippen molar-refractivity contribution in [1.29, 1.82) is 0 Å². The summed E-state index contributed by atoms with van der Waals surface area (Å²) in [5.41, 5.74) is 2.81. The van der Waals surface area contributed by atoms with E-state index < -0.39 is 0 Å². The number of amides is 1. The summed E-state index contributed by atoms with van der Waals surface area (Å²) >= 11 is 6.55. The number of hydrogen-bond donors (Lipinski definition) is 2. The van der Waals surface area contributed by atoms with E-state index in [2.05, 4.69) is 21.7 Å². The molecule has 2 aromatic carbocycles. The number of nitrogens with zero attached hydrogens (tertiary/aromatic N) is 2. The summed E-state index contributed by atoms with van der Waals surface area (Å²) in [6.07, 6.45) is 1.81. The van der Waals surface area contributed by atoms with Gasteiger partial charge in [0, 0.05) is 63.4 Å². The minimum atomic E-state index is -0.0948. The average molecular weight is 443 g/mol. The molecule has 2 aromatic rings. The van der Waals surface area contributed by atoms with Gasteiger partial charge in [-0.1, -0.05) is 41.9 Å². The van der Waals surface area contributed by atoms with E-state index in [1.54, 1.807) is 26.0 Å². The van der Waals surface area contributed by atoms with Crippen molar-refractivity contribution in [2.75, 3.05) is 40.9 Å². The van der Waals surface area contributed by atoms with Crippen molar-refractivity contribution in [2.24, 2.45) is 4.99 Å². The maximum atomic E-state index is 12.0. The van der Waals surface area contributed by atoms with Gasteiger partial charge in [0.15, 0.2) is 5.96 Å². The number of ether oxygens (including phenoxy) is 1. The summed E-state index contributed by atoms with van der Waals surface area (Å²) in [4.78, 5) is 18.0. The lowest BCUT2D eigenvalue weighted by Gasteiger charge is -2.38. The number of rotatable bonds is 6. The van der Waals surface area contributed by atoms with Crippen LogP contribution in [0.15, 0.2) is 53.5 Å². The Morgan fingerprint density at radius 2 is 1.77 bits per heavy atom. The number of halogens is 1. The Balaban J connectivity index is 1.63. The van der Waals surface area contributed by atoms with Crippen molar-refractivity contribution in [3.05, 3.63) is 70.2 Å². The molecule has 0 unspecified atom stereocenters. The van der Waals surface area contributed by atoms with Crippen LogP contribution in [0.3, 0.4) is 0 Å². The molecule has 7 heteroatoms. The molecule has 0 saturated carbocycles. The Morgan fingerprint density at radius 1 is 1.10 bits per heavy atom. The van der Waals surface area contributed by atoms with Gasteiger partial charge in [-0.3, -0.25) is 9.79 Å². The largest absolute Gasteiger partial charge is 0.381 e. The number of guanidine groups is 1. The highest BCUT2D eigenvalue weighted by molar-refractivity contribution is 6.31. The van der Waals surface area contributed by atoms with Gasteiger partial charge in [0.05, 0.1) is 0 Å². The Bertz CT molecular complexity index is 906. The van der Waals surface area contributed by atoms with E-state index in [0.717, 1.165) is 54.7 Å². The van der Waals surface area contributed by atoms with Gasteiger partial charge in [-0.05, 0) is 42.2 Å². The van der Waals surface area contributed by atoms with Crippen LogP contribution in [-0.2, 0) is 16.7 Å². The van der Waals surface area contributed by atoms with Crippen LogP contribution in [-0.4, -0.2) is 57.7 Å². The Kier molecular flexibility index (Phi) is 7.93. The molecule has 0 bridgehead atoms. The molecule has 166 valence electrons. The van der Waals surface area contributed by atoms with E-state index in [0.29, 0.717) is 12.1 Å². The predicted octanol–water partition coefficient (Wildman–Crippen LogP) is 3.46. The number of aliphatic imine (C=N–C) groups is 1. The monoisotopic (exact) mass is 442 g/mol. The number of hydrogen-bond acceptors (Lipinski definition) is 3. The first kappa shape index (κ1) is 23.1. The maximum Gasteiger partial charge on any atom is 0.253 e. The second-order valence-corrected chi connectivity index (χ2v) is 8.46. The van der Waals surface area contributed by atoms with Crippen LogP contribution in [0, 0.1) is 0 Å². The average Bonchev–Trinajstić information content (AvgIpc) is 2.80. The van der Waals surface area contributed by atoms with Crippen LogP contribution in [0.1, 0.15) is 34.3 Å². The van der Waals surface area contributed by atoms with Crippen LogP contribution in [0.5, 0.6) is 0 Å². The molecule has 1 aliphatic rings. The lowest BCUT2D eigenvalue weighted by Crippen LogP contribution is -2.48. The van der Waals surface area contributed by atoms with Gasteiger partial charge in [0.25, 0.3) is 5.91 Å². The minimum absolute atomic E-state index is 0.00156. The molecule has 1 saturated heterocycles. The molecule has 0 radical (unpaired) electrons. The fourth-order valence-electron chi connectivity index (χ4n) is 3.88. The standard InChI is InChI=1S/C24H31ClN4O2/c1-26-23(27-16-18-8-10-19(11-9-18)22(30)29(2)3)28-17-24(12-14-31-15-13-24)20-6-4-5-7-21(20)25/h4-11H,12-17H2,1-3H3,(H2,26,27,28). The highest BCUT2D eigenvalue weighted by Gasteiger charge is 2.36. The van der Waals surface area contributed by atoms with Gasteiger partial charge in [-0.25, -0.2) is 0 Å². The summed E-state index contributed by atoms with van der Waals surface area (Å²) in [5, 5.41) is 7.64. The molecular formula is C24H31ClN4O2. The normalized spacial score (nSPS) is 15.9. The fraction of sp³-hybridized carbons (Fsp3) is 0.417. The molecule has 3 rings (SSSR count). The molecule has 6 nitrogen and oxygen atoms in total. The van der Waals surface area contributed by atoms with Crippen LogP contribution in [0.2, 0.25) is 5.02 Å². The third kappa shape index (κ3) is 5.77. The molecule has 1 heterocycles. The van der Waals surface area contributed by atoms with Crippen LogP contribution >= 0.6 is 11.6 Å². The third-order valence-electron chi connectivity index (χ3n) is 5.78. The molecule has 0 aliphatic carbocycles. The highest BCUT2D eigenvalue weighted by atomic mass is 35.5. The Labute approximate surface area is 189 Å². The van der Waals surface area contributed by atoms with Gasteiger partial charge in [-0.2, -0.15) is 0 Å². The third-order valence-corrected chi connectivity index (χ3v) is 6.11. The Hall–Kier alpha value is -2.57. The van der Waals surface area contributed by atoms with Gasteiger partial charge in [0.2, 0.25) is 0 Å². The highest BCUT2D eigenvalue weighted by Crippen LogP contribution is 2.38. The Morgan fingerprint density at radius 3 is 2.39 bits per heavy atom. The van der Waals surface area contributed by atoms with Crippen molar-refractivity contribution < 1.29 is 9.53 Å². The number of carbonyl (C=O) groups excluding carboxylic acids is 1. The quantitative estimate of drug-likeness (QED) is 0.531. The molecule has 1 fully saturated rings. The summed E-state index contributed by atoms with van der Waals surface area (Å²) in [5.74, 6) is 0.727. The zero-order chi connectivity index (χ0) is 22.3. The van der Waals surface area contributed by atoms with E-state index >= 15 is 0 Å². The zero-order valence-corrected chi connectivity index (χ0v) is 19.2. The number of nitrogens with one attached hydrogen (secondary N) is 2. The molecule has 31 heavy (non-hydrogen) atoms. The van der Waals surface area contributed by atoms with E-state index in [9.17, 15) is 4.79 Å². The van der Waals surface area contributed by atoms with Gasteiger partial charge < -0.3 is 20.3 Å². The van der Waals surface area contributed by atoms with Crippen molar-refractivity contribution >= 4 is 23.5 Å². The molecule has 0 atom stereocenters. The molecule has 0 spiro atoms.